The predicted octanol–water partition coefficient (Wildman–Crippen LogP) is 0.454. The minimum atomic E-state index is -0.976. The molecule has 0 aromatic carbocycles. The van der Waals surface area contributed by atoms with Crippen molar-refractivity contribution in [1.29, 1.82) is 0 Å². The van der Waals surface area contributed by atoms with Gasteiger partial charge in [-0.1, -0.05) is 0 Å². The van der Waals surface area contributed by atoms with Gasteiger partial charge in [0.2, 0.25) is 5.91 Å². The van der Waals surface area contributed by atoms with Crippen LogP contribution in [0.3, 0.4) is 0 Å². The lowest BCUT2D eigenvalue weighted by atomic mass is 9.80. The molecule has 0 bridgehead atoms. The Kier molecular flexibility index (Phi) is 4.65. The number of carboxylic acid groups (broad SMARTS) is 1. The summed E-state index contributed by atoms with van der Waals surface area (Å²) in [5.74, 6) is -0.102. The number of carbonyl (C=O) groups is 2. The van der Waals surface area contributed by atoms with Crippen LogP contribution in [0, 0.1) is 11.8 Å². The number of amides is 1. The maximum Gasteiger partial charge on any atom is 0.329 e. The summed E-state index contributed by atoms with van der Waals surface area (Å²) in [6, 6.07) is 0. The Labute approximate surface area is 119 Å². The summed E-state index contributed by atoms with van der Waals surface area (Å²) >= 11 is 0. The number of carboxylic acids is 1. The highest BCUT2D eigenvalue weighted by atomic mass is 16.5. The van der Waals surface area contributed by atoms with E-state index in [1.807, 2.05) is 6.92 Å². The molecular formula is C14H24N2O4. The number of ether oxygens (including phenoxy) is 1. The first kappa shape index (κ1) is 15.3. The molecule has 1 aliphatic heterocycles. The maximum absolute atomic E-state index is 12.3. The fourth-order valence-electron chi connectivity index (χ4n) is 3.15. The van der Waals surface area contributed by atoms with E-state index in [4.69, 9.17) is 15.6 Å². The molecule has 6 heteroatoms. The molecule has 1 saturated carbocycles. The molecule has 1 heterocycles. The van der Waals surface area contributed by atoms with Gasteiger partial charge in [-0.15, -0.1) is 0 Å². The van der Waals surface area contributed by atoms with Crippen LogP contribution in [0.2, 0.25) is 0 Å². The first-order chi connectivity index (χ1) is 9.43. The minimum absolute atomic E-state index is 0.113. The van der Waals surface area contributed by atoms with Crippen LogP contribution < -0.4 is 5.73 Å². The maximum atomic E-state index is 12.3. The smallest absolute Gasteiger partial charge is 0.329 e. The predicted molar refractivity (Wildman–Crippen MR) is 73.1 cm³/mol. The van der Waals surface area contributed by atoms with Crippen LogP contribution >= 0.6 is 0 Å². The molecule has 2 aliphatic rings. The molecule has 0 aromatic rings. The van der Waals surface area contributed by atoms with Gasteiger partial charge in [-0.05, 0) is 45.1 Å². The fraction of sp³-hybridized carbons (Fsp3) is 0.857. The van der Waals surface area contributed by atoms with Gasteiger partial charge < -0.3 is 20.5 Å². The molecule has 3 N–H and O–H groups in total. The molecule has 0 radical (unpaired) electrons. The summed E-state index contributed by atoms with van der Waals surface area (Å²) in [5, 5.41) is 8.61. The Hall–Kier alpha value is -1.14. The van der Waals surface area contributed by atoms with Gasteiger partial charge in [-0.2, -0.15) is 0 Å². The van der Waals surface area contributed by atoms with Crippen LogP contribution in [0.25, 0.3) is 0 Å². The van der Waals surface area contributed by atoms with Gasteiger partial charge in [0, 0.05) is 5.92 Å². The van der Waals surface area contributed by atoms with Crippen LogP contribution in [-0.4, -0.2) is 53.7 Å². The zero-order valence-corrected chi connectivity index (χ0v) is 12.0. The van der Waals surface area contributed by atoms with Gasteiger partial charge in [0.15, 0.2) is 0 Å². The highest BCUT2D eigenvalue weighted by molar-refractivity contribution is 5.80. The molecule has 0 unspecified atom stereocenters. The molecule has 1 aliphatic carbocycles. The topological polar surface area (TPSA) is 92.9 Å². The van der Waals surface area contributed by atoms with Gasteiger partial charge in [0.1, 0.15) is 12.2 Å². The first-order valence-corrected chi connectivity index (χ1v) is 7.28. The van der Waals surface area contributed by atoms with Crippen molar-refractivity contribution >= 4 is 11.9 Å². The van der Waals surface area contributed by atoms with E-state index in [2.05, 4.69) is 0 Å². The highest BCUT2D eigenvalue weighted by Crippen LogP contribution is 2.33. The molecule has 0 aromatic heterocycles. The van der Waals surface area contributed by atoms with E-state index in [9.17, 15) is 9.59 Å². The van der Waals surface area contributed by atoms with Gasteiger partial charge >= 0.3 is 5.97 Å². The van der Waals surface area contributed by atoms with E-state index >= 15 is 0 Å². The second-order valence-corrected chi connectivity index (χ2v) is 6.28. The Morgan fingerprint density at radius 2 is 1.90 bits per heavy atom. The SMILES string of the molecule is CC1(OCC(=O)O)CN(C(=O)C2CCC(CN)CC2)C1. The van der Waals surface area contributed by atoms with Crippen molar-refractivity contribution < 1.29 is 19.4 Å². The molecule has 114 valence electrons. The van der Waals surface area contributed by atoms with Crippen molar-refractivity contribution in [3.8, 4) is 0 Å². The van der Waals surface area contributed by atoms with Crippen LogP contribution in [0.4, 0.5) is 0 Å². The van der Waals surface area contributed by atoms with E-state index in [0.717, 1.165) is 25.7 Å². The average Bonchev–Trinajstić information content (AvgIpc) is 2.41. The highest BCUT2D eigenvalue weighted by Gasteiger charge is 2.44. The molecule has 20 heavy (non-hydrogen) atoms. The summed E-state index contributed by atoms with van der Waals surface area (Å²) in [4.78, 5) is 24.6. The van der Waals surface area contributed by atoms with E-state index in [1.165, 1.54) is 0 Å². The zero-order chi connectivity index (χ0) is 14.8. The number of aliphatic carboxylic acids is 1. The van der Waals surface area contributed by atoms with Crippen molar-refractivity contribution in [1.82, 2.24) is 4.90 Å². The van der Waals surface area contributed by atoms with Crippen molar-refractivity contribution in [3.63, 3.8) is 0 Å². The lowest BCUT2D eigenvalue weighted by Gasteiger charge is -2.48. The summed E-state index contributed by atoms with van der Waals surface area (Å²) in [5.41, 5.74) is 5.16. The molecule has 6 nitrogen and oxygen atoms in total. The Morgan fingerprint density at radius 3 is 2.40 bits per heavy atom. The van der Waals surface area contributed by atoms with Crippen molar-refractivity contribution in [3.05, 3.63) is 0 Å². The number of nitrogens with zero attached hydrogens (tertiary/aromatic N) is 1. The number of rotatable bonds is 5. The van der Waals surface area contributed by atoms with Crippen LogP contribution in [0.15, 0.2) is 0 Å². The van der Waals surface area contributed by atoms with Crippen LogP contribution in [0.1, 0.15) is 32.6 Å². The van der Waals surface area contributed by atoms with Gasteiger partial charge in [-0.25, -0.2) is 4.79 Å². The first-order valence-electron chi connectivity index (χ1n) is 7.28. The molecule has 1 saturated heterocycles. The lowest BCUT2D eigenvalue weighted by molar-refractivity contribution is -0.176. The number of likely N-dealkylation sites (tertiary alicyclic amines) is 1. The van der Waals surface area contributed by atoms with Crippen molar-refractivity contribution in [2.45, 2.75) is 38.2 Å². The molecule has 0 spiro atoms. The standard InChI is InChI=1S/C14H24N2O4/c1-14(20-7-12(17)18)8-16(9-14)13(19)11-4-2-10(6-15)3-5-11/h10-11H,2-9,15H2,1H3,(H,17,18). The lowest BCUT2D eigenvalue weighted by Crippen LogP contribution is -2.64. The number of nitrogens with two attached hydrogens (primary N) is 1. The number of carbonyl (C=O) groups excluding carboxylic acids is 1. The van der Waals surface area contributed by atoms with Gasteiger partial charge in [-0.3, -0.25) is 4.79 Å². The summed E-state index contributed by atoms with van der Waals surface area (Å²) in [6.45, 7) is 3.25. The van der Waals surface area contributed by atoms with Crippen molar-refractivity contribution in [2.75, 3.05) is 26.2 Å². The van der Waals surface area contributed by atoms with Crippen LogP contribution in [-0.2, 0) is 14.3 Å². The molecule has 2 fully saturated rings. The Morgan fingerprint density at radius 1 is 1.30 bits per heavy atom. The number of hydrogen-bond acceptors (Lipinski definition) is 4. The normalized spacial score (nSPS) is 28.8. The zero-order valence-electron chi connectivity index (χ0n) is 12.0. The molecule has 1 amide bonds. The third-order valence-electron chi connectivity index (χ3n) is 4.44. The van der Waals surface area contributed by atoms with E-state index in [0.29, 0.717) is 25.6 Å². The summed E-state index contributed by atoms with van der Waals surface area (Å²) in [6.07, 6.45) is 3.91. The molecule has 2 rings (SSSR count). The second-order valence-electron chi connectivity index (χ2n) is 6.28. The van der Waals surface area contributed by atoms with E-state index < -0.39 is 11.6 Å². The third kappa shape index (κ3) is 3.49. The molecule has 0 atom stereocenters. The quantitative estimate of drug-likeness (QED) is 0.765. The average molecular weight is 284 g/mol. The fourth-order valence-corrected chi connectivity index (χ4v) is 3.15. The Bertz CT molecular complexity index is 371. The van der Waals surface area contributed by atoms with E-state index in [-0.39, 0.29) is 18.4 Å². The number of hydrogen-bond donors (Lipinski definition) is 2. The summed E-state index contributed by atoms with van der Waals surface area (Å²) < 4.78 is 5.32. The van der Waals surface area contributed by atoms with Crippen LogP contribution in [0.5, 0.6) is 0 Å². The third-order valence-corrected chi connectivity index (χ3v) is 4.44. The van der Waals surface area contributed by atoms with Crippen molar-refractivity contribution in [2.24, 2.45) is 17.6 Å². The van der Waals surface area contributed by atoms with E-state index in [1.54, 1.807) is 4.90 Å². The molecular weight excluding hydrogens is 260 g/mol. The monoisotopic (exact) mass is 284 g/mol. The van der Waals surface area contributed by atoms with Gasteiger partial charge in [0.25, 0.3) is 0 Å². The Balaban J connectivity index is 1.75. The second kappa shape index (κ2) is 6.10. The largest absolute Gasteiger partial charge is 0.480 e. The van der Waals surface area contributed by atoms with Gasteiger partial charge in [0.05, 0.1) is 13.1 Å². The minimum Gasteiger partial charge on any atom is -0.480 e. The summed E-state index contributed by atoms with van der Waals surface area (Å²) in [7, 11) is 0.